The minimum absolute atomic E-state index is 0.00433. The van der Waals surface area contributed by atoms with Crippen LogP contribution in [0.25, 0.3) is 0 Å². The van der Waals surface area contributed by atoms with Gasteiger partial charge in [-0.1, -0.05) is 0 Å². The van der Waals surface area contributed by atoms with E-state index in [4.69, 9.17) is 5.11 Å². The smallest absolute Gasteiger partial charge is 0.337 e. The number of aromatic carboxylic acids is 1. The molecule has 2 rings (SSSR count). The third-order valence-electron chi connectivity index (χ3n) is 2.30. The SMILES string of the molecule is Cc1cnc(NC(=O)Nc2ccc(F)cc2C(=O)O)s1. The van der Waals surface area contributed by atoms with Gasteiger partial charge in [-0.15, -0.1) is 11.3 Å². The van der Waals surface area contributed by atoms with Gasteiger partial charge in [0.05, 0.1) is 11.3 Å². The molecule has 0 bridgehead atoms. The standard InChI is InChI=1S/C12H10FN3O3S/c1-6-5-14-12(20-6)16-11(19)15-9-3-2-7(13)4-8(9)10(17)18/h2-5H,1H3,(H,17,18)(H2,14,15,16,19). The van der Waals surface area contributed by atoms with E-state index in [2.05, 4.69) is 15.6 Å². The molecule has 1 heterocycles. The van der Waals surface area contributed by atoms with Crippen molar-refractivity contribution in [3.8, 4) is 0 Å². The number of thiazole rings is 1. The second-order valence-electron chi connectivity index (χ2n) is 3.85. The third kappa shape index (κ3) is 3.29. The number of anilines is 2. The number of aryl methyl sites for hydroxylation is 1. The summed E-state index contributed by atoms with van der Waals surface area (Å²) in [5.74, 6) is -2.02. The van der Waals surface area contributed by atoms with Gasteiger partial charge in [0.25, 0.3) is 0 Å². The number of urea groups is 1. The van der Waals surface area contributed by atoms with Crippen molar-refractivity contribution in [2.24, 2.45) is 0 Å². The van der Waals surface area contributed by atoms with Crippen LogP contribution in [0.15, 0.2) is 24.4 Å². The first kappa shape index (κ1) is 13.9. The Kier molecular flexibility index (Phi) is 3.94. The number of aromatic nitrogens is 1. The largest absolute Gasteiger partial charge is 0.478 e. The fourth-order valence-electron chi connectivity index (χ4n) is 1.47. The minimum Gasteiger partial charge on any atom is -0.478 e. The molecule has 0 aliphatic carbocycles. The van der Waals surface area contributed by atoms with Gasteiger partial charge in [0.15, 0.2) is 5.13 Å². The molecule has 1 aromatic carbocycles. The van der Waals surface area contributed by atoms with Crippen molar-refractivity contribution in [3.63, 3.8) is 0 Å². The van der Waals surface area contributed by atoms with E-state index < -0.39 is 17.8 Å². The van der Waals surface area contributed by atoms with Crippen molar-refractivity contribution in [2.75, 3.05) is 10.6 Å². The third-order valence-corrected chi connectivity index (χ3v) is 3.13. The van der Waals surface area contributed by atoms with E-state index in [1.807, 2.05) is 6.92 Å². The summed E-state index contributed by atoms with van der Waals surface area (Å²) >= 11 is 1.28. The number of halogens is 1. The van der Waals surface area contributed by atoms with Gasteiger partial charge in [0.2, 0.25) is 0 Å². The van der Waals surface area contributed by atoms with Crippen molar-refractivity contribution in [1.82, 2.24) is 4.98 Å². The van der Waals surface area contributed by atoms with E-state index in [1.54, 1.807) is 6.20 Å². The lowest BCUT2D eigenvalue weighted by Gasteiger charge is -2.08. The molecule has 8 heteroatoms. The van der Waals surface area contributed by atoms with Gasteiger partial charge in [-0.3, -0.25) is 5.32 Å². The lowest BCUT2D eigenvalue weighted by atomic mass is 10.2. The zero-order chi connectivity index (χ0) is 14.7. The molecular formula is C12H10FN3O3S. The zero-order valence-corrected chi connectivity index (χ0v) is 11.1. The van der Waals surface area contributed by atoms with Gasteiger partial charge in [0.1, 0.15) is 5.82 Å². The number of hydrogen-bond donors (Lipinski definition) is 3. The molecule has 0 unspecified atom stereocenters. The van der Waals surface area contributed by atoms with Gasteiger partial charge < -0.3 is 10.4 Å². The molecule has 104 valence electrons. The van der Waals surface area contributed by atoms with Gasteiger partial charge in [-0.2, -0.15) is 0 Å². The summed E-state index contributed by atoms with van der Waals surface area (Å²) in [6, 6.07) is 2.44. The molecule has 0 spiro atoms. The molecule has 6 nitrogen and oxygen atoms in total. The first-order chi connectivity index (χ1) is 9.45. The average molecular weight is 295 g/mol. The summed E-state index contributed by atoms with van der Waals surface area (Å²) in [4.78, 5) is 27.5. The van der Waals surface area contributed by atoms with Crippen LogP contribution >= 0.6 is 11.3 Å². The quantitative estimate of drug-likeness (QED) is 0.812. The van der Waals surface area contributed by atoms with Gasteiger partial charge in [-0.05, 0) is 25.1 Å². The molecule has 2 aromatic rings. The fraction of sp³-hybridized carbons (Fsp3) is 0.0833. The molecule has 0 aliphatic rings. The lowest BCUT2D eigenvalue weighted by Crippen LogP contribution is -2.21. The Balaban J connectivity index is 2.13. The fourth-order valence-corrected chi connectivity index (χ4v) is 2.13. The molecule has 0 saturated heterocycles. The minimum atomic E-state index is -1.33. The van der Waals surface area contributed by atoms with Crippen LogP contribution < -0.4 is 10.6 Å². The maximum atomic E-state index is 13.0. The van der Waals surface area contributed by atoms with E-state index in [1.165, 1.54) is 17.4 Å². The first-order valence-electron chi connectivity index (χ1n) is 5.49. The summed E-state index contributed by atoms with van der Waals surface area (Å²) in [5.41, 5.74) is -0.319. The summed E-state index contributed by atoms with van der Waals surface area (Å²) in [5, 5.41) is 14.1. The Labute approximate surface area is 117 Å². The van der Waals surface area contributed by atoms with Crippen LogP contribution in [0.4, 0.5) is 20.0 Å². The molecule has 0 aliphatic heterocycles. The highest BCUT2D eigenvalue weighted by molar-refractivity contribution is 7.15. The number of carboxylic acids is 1. The summed E-state index contributed by atoms with van der Waals surface area (Å²) < 4.78 is 13.0. The van der Waals surface area contributed by atoms with Gasteiger partial charge in [-0.25, -0.2) is 19.0 Å². The molecular weight excluding hydrogens is 285 g/mol. The number of rotatable bonds is 3. The van der Waals surface area contributed by atoms with Crippen LogP contribution in [0.2, 0.25) is 0 Å². The number of carbonyl (C=O) groups is 2. The molecule has 20 heavy (non-hydrogen) atoms. The number of amides is 2. The predicted octanol–water partition coefficient (Wildman–Crippen LogP) is 2.93. The van der Waals surface area contributed by atoms with E-state index >= 15 is 0 Å². The first-order valence-corrected chi connectivity index (χ1v) is 6.30. The van der Waals surface area contributed by atoms with Crippen LogP contribution in [0.5, 0.6) is 0 Å². The highest BCUT2D eigenvalue weighted by Crippen LogP contribution is 2.19. The maximum absolute atomic E-state index is 13.0. The Bertz CT molecular complexity index is 672. The average Bonchev–Trinajstić information content (AvgIpc) is 2.76. The zero-order valence-electron chi connectivity index (χ0n) is 10.3. The number of nitrogens with one attached hydrogen (secondary N) is 2. The van der Waals surface area contributed by atoms with E-state index in [0.717, 1.165) is 17.0 Å². The van der Waals surface area contributed by atoms with Crippen molar-refractivity contribution in [1.29, 1.82) is 0 Å². The van der Waals surface area contributed by atoms with Crippen molar-refractivity contribution in [2.45, 2.75) is 6.92 Å². The van der Waals surface area contributed by atoms with E-state index in [0.29, 0.717) is 5.13 Å². The van der Waals surface area contributed by atoms with Crippen LogP contribution in [0.1, 0.15) is 15.2 Å². The van der Waals surface area contributed by atoms with Crippen LogP contribution in [0.3, 0.4) is 0 Å². The molecule has 1 aromatic heterocycles. The predicted molar refractivity (Wildman–Crippen MR) is 72.9 cm³/mol. The van der Waals surface area contributed by atoms with Crippen molar-refractivity contribution < 1.29 is 19.1 Å². The van der Waals surface area contributed by atoms with Crippen molar-refractivity contribution >= 4 is 34.2 Å². The number of benzene rings is 1. The van der Waals surface area contributed by atoms with Gasteiger partial charge >= 0.3 is 12.0 Å². The molecule has 0 atom stereocenters. The van der Waals surface area contributed by atoms with Gasteiger partial charge in [0, 0.05) is 11.1 Å². The molecule has 2 amide bonds. The topological polar surface area (TPSA) is 91.3 Å². The molecule has 0 saturated carbocycles. The number of hydrogen-bond acceptors (Lipinski definition) is 4. The molecule has 0 radical (unpaired) electrons. The Hall–Kier alpha value is -2.48. The number of carbonyl (C=O) groups excluding carboxylic acids is 1. The van der Waals surface area contributed by atoms with Crippen LogP contribution in [-0.4, -0.2) is 22.1 Å². The van der Waals surface area contributed by atoms with Crippen molar-refractivity contribution in [3.05, 3.63) is 40.7 Å². The van der Waals surface area contributed by atoms with E-state index in [-0.39, 0.29) is 11.3 Å². The number of carboxylic acid groups (broad SMARTS) is 1. The normalized spacial score (nSPS) is 10.1. The Morgan fingerprint density at radius 3 is 2.70 bits per heavy atom. The highest BCUT2D eigenvalue weighted by Gasteiger charge is 2.14. The maximum Gasteiger partial charge on any atom is 0.337 e. The highest BCUT2D eigenvalue weighted by atomic mass is 32.1. The lowest BCUT2D eigenvalue weighted by molar-refractivity contribution is 0.0697. The van der Waals surface area contributed by atoms with Crippen LogP contribution in [0, 0.1) is 12.7 Å². The summed E-state index contributed by atoms with van der Waals surface area (Å²) in [6.45, 7) is 1.84. The summed E-state index contributed by atoms with van der Waals surface area (Å²) in [6.07, 6.45) is 1.60. The Morgan fingerprint density at radius 1 is 1.35 bits per heavy atom. The van der Waals surface area contributed by atoms with E-state index in [9.17, 15) is 14.0 Å². The van der Waals surface area contributed by atoms with Crippen LogP contribution in [-0.2, 0) is 0 Å². The monoisotopic (exact) mass is 295 g/mol. The molecule has 0 fully saturated rings. The second-order valence-corrected chi connectivity index (χ2v) is 5.09. The Morgan fingerprint density at radius 2 is 2.10 bits per heavy atom. The number of nitrogens with zero attached hydrogens (tertiary/aromatic N) is 1. The second kappa shape index (κ2) is 5.66. The summed E-state index contributed by atoms with van der Waals surface area (Å²) in [7, 11) is 0. The molecule has 3 N–H and O–H groups in total.